The molecule has 0 saturated carbocycles. The van der Waals surface area contributed by atoms with Gasteiger partial charge in [0.1, 0.15) is 16.6 Å². The first-order valence-corrected chi connectivity index (χ1v) is 11.0. The van der Waals surface area contributed by atoms with Crippen molar-refractivity contribution in [3.05, 3.63) is 64.9 Å². The first-order valence-electron chi connectivity index (χ1n) is 10.2. The first kappa shape index (κ1) is 20.5. The Balaban J connectivity index is 1.46. The Kier molecular flexibility index (Phi) is 6.08. The van der Waals surface area contributed by atoms with Crippen LogP contribution in [-0.2, 0) is 0 Å². The summed E-state index contributed by atoms with van der Waals surface area (Å²) in [7, 11) is 0. The molecule has 1 aliphatic heterocycles. The number of amides is 1. The molecule has 1 aliphatic rings. The van der Waals surface area contributed by atoms with Crippen molar-refractivity contribution in [1.82, 2.24) is 15.1 Å². The molecule has 1 unspecified atom stereocenters. The van der Waals surface area contributed by atoms with Crippen LogP contribution in [0.1, 0.15) is 48.0 Å². The van der Waals surface area contributed by atoms with Gasteiger partial charge >= 0.3 is 0 Å². The van der Waals surface area contributed by atoms with Crippen LogP contribution in [0.4, 0.5) is 4.39 Å². The Bertz CT molecular complexity index is 1020. The summed E-state index contributed by atoms with van der Waals surface area (Å²) in [6.45, 7) is 5.25. The molecule has 0 radical (unpaired) electrons. The Morgan fingerprint density at radius 3 is 2.67 bits per heavy atom. The average molecular weight is 426 g/mol. The van der Waals surface area contributed by atoms with Crippen LogP contribution in [0.25, 0.3) is 10.6 Å². The van der Waals surface area contributed by atoms with E-state index in [-0.39, 0.29) is 23.7 Å². The van der Waals surface area contributed by atoms with Crippen molar-refractivity contribution in [2.24, 2.45) is 0 Å². The monoisotopic (exact) mass is 425 g/mol. The van der Waals surface area contributed by atoms with E-state index in [0.29, 0.717) is 22.7 Å². The predicted molar refractivity (Wildman–Crippen MR) is 115 cm³/mol. The highest BCUT2D eigenvalue weighted by molar-refractivity contribution is 7.14. The standard InChI is InChI=1S/C23H24FN3O2S/c1-15(2)29-18-11-9-16(10-12-18)23(28)27-13-5-6-17(14-27)21-25-26-22(30-21)19-7-3-4-8-20(19)24/h3-4,7-12,15,17H,5-6,13-14H2,1-2H3. The molecule has 156 valence electrons. The molecule has 0 N–H and O–H groups in total. The number of rotatable bonds is 5. The van der Waals surface area contributed by atoms with Crippen molar-refractivity contribution >= 4 is 17.2 Å². The van der Waals surface area contributed by atoms with Crippen LogP contribution in [0.15, 0.2) is 48.5 Å². The molecule has 2 aromatic carbocycles. The van der Waals surface area contributed by atoms with Crippen molar-refractivity contribution in [3.8, 4) is 16.3 Å². The number of carbonyl (C=O) groups excluding carboxylic acids is 1. The third-order valence-electron chi connectivity index (χ3n) is 5.08. The number of benzene rings is 2. The van der Waals surface area contributed by atoms with Crippen LogP contribution >= 0.6 is 11.3 Å². The normalized spacial score (nSPS) is 16.7. The summed E-state index contributed by atoms with van der Waals surface area (Å²) in [6, 6.07) is 13.9. The minimum atomic E-state index is -0.300. The van der Waals surface area contributed by atoms with E-state index in [9.17, 15) is 9.18 Å². The summed E-state index contributed by atoms with van der Waals surface area (Å²) in [5.41, 5.74) is 1.12. The predicted octanol–water partition coefficient (Wildman–Crippen LogP) is 5.15. The topological polar surface area (TPSA) is 55.3 Å². The van der Waals surface area contributed by atoms with Gasteiger partial charge in [-0.05, 0) is 63.1 Å². The minimum absolute atomic E-state index is 0.00893. The zero-order valence-corrected chi connectivity index (χ0v) is 17.9. The largest absolute Gasteiger partial charge is 0.491 e. The highest BCUT2D eigenvalue weighted by atomic mass is 32.1. The number of hydrogen-bond donors (Lipinski definition) is 0. The molecule has 0 bridgehead atoms. The Morgan fingerprint density at radius 1 is 1.17 bits per heavy atom. The van der Waals surface area contributed by atoms with E-state index in [4.69, 9.17) is 4.74 Å². The van der Waals surface area contributed by atoms with Gasteiger partial charge in [-0.1, -0.05) is 23.5 Å². The molecule has 2 heterocycles. The molecule has 5 nitrogen and oxygen atoms in total. The molecule has 1 aromatic heterocycles. The fraction of sp³-hybridized carbons (Fsp3) is 0.348. The Labute approximate surface area is 179 Å². The molecule has 30 heavy (non-hydrogen) atoms. The van der Waals surface area contributed by atoms with E-state index in [0.717, 1.165) is 30.1 Å². The third kappa shape index (κ3) is 4.51. The number of halogens is 1. The van der Waals surface area contributed by atoms with Gasteiger partial charge in [0.05, 0.1) is 6.10 Å². The second-order valence-corrected chi connectivity index (χ2v) is 8.72. The lowest BCUT2D eigenvalue weighted by atomic mass is 9.98. The molecule has 1 atom stereocenters. The number of carbonyl (C=O) groups is 1. The molecule has 0 spiro atoms. The van der Waals surface area contributed by atoms with Gasteiger partial charge in [-0.25, -0.2) is 4.39 Å². The lowest BCUT2D eigenvalue weighted by molar-refractivity contribution is 0.0707. The minimum Gasteiger partial charge on any atom is -0.491 e. The van der Waals surface area contributed by atoms with Gasteiger partial charge in [0, 0.05) is 30.1 Å². The van der Waals surface area contributed by atoms with Gasteiger partial charge in [-0.15, -0.1) is 10.2 Å². The molecule has 1 amide bonds. The number of nitrogens with zero attached hydrogens (tertiary/aromatic N) is 3. The van der Waals surface area contributed by atoms with E-state index in [1.165, 1.54) is 17.4 Å². The Hall–Kier alpha value is -2.80. The van der Waals surface area contributed by atoms with Crippen LogP contribution in [0.2, 0.25) is 0 Å². The maximum absolute atomic E-state index is 14.1. The lowest BCUT2D eigenvalue weighted by Gasteiger charge is -2.31. The SMILES string of the molecule is CC(C)Oc1ccc(C(=O)N2CCCC(c3nnc(-c4ccccc4F)s3)C2)cc1. The fourth-order valence-electron chi connectivity index (χ4n) is 3.64. The van der Waals surface area contributed by atoms with E-state index in [1.54, 1.807) is 18.2 Å². The molecule has 7 heteroatoms. The van der Waals surface area contributed by atoms with Crippen molar-refractivity contribution in [1.29, 1.82) is 0 Å². The number of hydrogen-bond acceptors (Lipinski definition) is 5. The molecule has 0 aliphatic carbocycles. The third-order valence-corrected chi connectivity index (χ3v) is 6.19. The van der Waals surface area contributed by atoms with Gasteiger partial charge in [-0.3, -0.25) is 4.79 Å². The highest BCUT2D eigenvalue weighted by Gasteiger charge is 2.28. The van der Waals surface area contributed by atoms with Crippen LogP contribution < -0.4 is 4.74 Å². The van der Waals surface area contributed by atoms with Crippen LogP contribution in [0, 0.1) is 5.82 Å². The van der Waals surface area contributed by atoms with E-state index in [2.05, 4.69) is 10.2 Å². The fourth-order valence-corrected chi connectivity index (χ4v) is 4.63. The highest BCUT2D eigenvalue weighted by Crippen LogP contribution is 2.34. The van der Waals surface area contributed by atoms with Gasteiger partial charge in [0.25, 0.3) is 5.91 Å². The number of likely N-dealkylation sites (tertiary alicyclic amines) is 1. The lowest BCUT2D eigenvalue weighted by Crippen LogP contribution is -2.39. The van der Waals surface area contributed by atoms with Crippen molar-refractivity contribution < 1.29 is 13.9 Å². The van der Waals surface area contributed by atoms with Crippen molar-refractivity contribution in [2.45, 2.75) is 38.7 Å². The quantitative estimate of drug-likeness (QED) is 0.567. The van der Waals surface area contributed by atoms with Gasteiger partial charge in [0.15, 0.2) is 5.01 Å². The van der Waals surface area contributed by atoms with Crippen molar-refractivity contribution in [3.63, 3.8) is 0 Å². The number of ether oxygens (including phenoxy) is 1. The Morgan fingerprint density at radius 2 is 1.93 bits per heavy atom. The summed E-state index contributed by atoms with van der Waals surface area (Å²) in [4.78, 5) is 14.9. The number of aromatic nitrogens is 2. The second-order valence-electron chi connectivity index (χ2n) is 7.71. The zero-order valence-electron chi connectivity index (χ0n) is 17.0. The van der Waals surface area contributed by atoms with Crippen LogP contribution in [0.5, 0.6) is 5.75 Å². The summed E-state index contributed by atoms with van der Waals surface area (Å²) in [6.07, 6.45) is 1.94. The molecule has 1 fully saturated rings. The van der Waals surface area contributed by atoms with E-state index >= 15 is 0 Å². The van der Waals surface area contributed by atoms with Crippen LogP contribution in [-0.4, -0.2) is 40.2 Å². The maximum Gasteiger partial charge on any atom is 0.253 e. The zero-order chi connectivity index (χ0) is 21.1. The first-order chi connectivity index (χ1) is 14.5. The molecule has 1 saturated heterocycles. The van der Waals surface area contributed by atoms with E-state index in [1.807, 2.05) is 43.0 Å². The molecular weight excluding hydrogens is 401 g/mol. The van der Waals surface area contributed by atoms with Gasteiger partial charge < -0.3 is 9.64 Å². The summed E-state index contributed by atoms with van der Waals surface area (Å²) in [5, 5.41) is 9.93. The smallest absolute Gasteiger partial charge is 0.253 e. The van der Waals surface area contributed by atoms with Crippen molar-refractivity contribution in [2.75, 3.05) is 13.1 Å². The second kappa shape index (κ2) is 8.92. The molecule has 4 rings (SSSR count). The number of piperidine rings is 1. The van der Waals surface area contributed by atoms with E-state index < -0.39 is 0 Å². The average Bonchev–Trinajstić information content (AvgIpc) is 3.24. The maximum atomic E-state index is 14.1. The van der Waals surface area contributed by atoms with Gasteiger partial charge in [0.2, 0.25) is 0 Å². The van der Waals surface area contributed by atoms with Gasteiger partial charge in [-0.2, -0.15) is 0 Å². The summed E-state index contributed by atoms with van der Waals surface area (Å²) in [5.74, 6) is 0.581. The summed E-state index contributed by atoms with van der Waals surface area (Å²) < 4.78 is 19.7. The molecule has 3 aromatic rings. The molecular formula is C23H24FN3O2S. The van der Waals surface area contributed by atoms with Crippen LogP contribution in [0.3, 0.4) is 0 Å². The summed E-state index contributed by atoms with van der Waals surface area (Å²) >= 11 is 1.41.